The molecule has 2 aliphatic heterocycles. The Kier molecular flexibility index (Phi) is 5.80. The van der Waals surface area contributed by atoms with Crippen molar-refractivity contribution in [1.82, 2.24) is 14.2 Å². The van der Waals surface area contributed by atoms with Gasteiger partial charge in [-0.1, -0.05) is 12.1 Å². The van der Waals surface area contributed by atoms with E-state index in [1.807, 2.05) is 18.2 Å². The molecule has 2 amide bonds. The number of thioether (sulfide) groups is 1. The van der Waals surface area contributed by atoms with Crippen LogP contribution in [0, 0.1) is 5.41 Å². The molecule has 2 saturated heterocycles. The lowest BCUT2D eigenvalue weighted by molar-refractivity contribution is -0.706. The zero-order valence-electron chi connectivity index (χ0n) is 16.7. The zero-order valence-corrected chi connectivity index (χ0v) is 18.3. The summed E-state index contributed by atoms with van der Waals surface area (Å²) >= 11 is 1.30. The molecule has 9 nitrogen and oxygen atoms in total. The van der Waals surface area contributed by atoms with E-state index in [1.54, 1.807) is 29.1 Å². The summed E-state index contributed by atoms with van der Waals surface area (Å²) in [5, 5.41) is 9.72. The van der Waals surface area contributed by atoms with Gasteiger partial charge in [0, 0.05) is 37.6 Å². The average molecular weight is 462 g/mol. The van der Waals surface area contributed by atoms with Crippen LogP contribution < -0.4 is 4.57 Å². The summed E-state index contributed by atoms with van der Waals surface area (Å²) in [6, 6.07) is 9.42. The van der Waals surface area contributed by atoms with Crippen molar-refractivity contribution in [3.63, 3.8) is 0 Å². The molecule has 4 atom stereocenters. The van der Waals surface area contributed by atoms with Gasteiger partial charge < -0.3 is 10.0 Å². The van der Waals surface area contributed by atoms with Crippen LogP contribution in [0.1, 0.15) is 6.92 Å². The normalized spacial score (nSPS) is 25.8. The maximum absolute atomic E-state index is 13.0. The van der Waals surface area contributed by atoms with Crippen molar-refractivity contribution < 1.29 is 28.3 Å². The molecule has 11 heteroatoms. The van der Waals surface area contributed by atoms with Gasteiger partial charge in [-0.25, -0.2) is 18.1 Å². The topological polar surface area (TPSA) is 112 Å². The summed E-state index contributed by atoms with van der Waals surface area (Å²) in [6.45, 7) is 1.50. The maximum atomic E-state index is 13.0. The van der Waals surface area contributed by atoms with Crippen LogP contribution in [0.2, 0.25) is 0 Å². The third kappa shape index (κ3) is 3.83. The van der Waals surface area contributed by atoms with Crippen LogP contribution in [0.15, 0.2) is 60.0 Å². The standard InChI is InChI=1S/C20H20N4O5S2/c1-14(25)24(31(29)15-7-3-4-8-21-15)16-17(26)23-12-20(19(27)28,13-30-18(16)23)11-22-9-5-2-6-10-22/h2-10,16,18H,11-13H2,1H3/p+1/t16?,18-,20?,31?/m1/s1. The van der Waals surface area contributed by atoms with E-state index >= 15 is 0 Å². The number of carboxylic acid groups (broad SMARTS) is 1. The maximum Gasteiger partial charge on any atom is 0.318 e. The minimum absolute atomic E-state index is 0.0270. The molecule has 0 aromatic carbocycles. The van der Waals surface area contributed by atoms with Crippen molar-refractivity contribution in [3.05, 3.63) is 55.0 Å². The van der Waals surface area contributed by atoms with Gasteiger partial charge in [-0.15, -0.1) is 11.8 Å². The van der Waals surface area contributed by atoms with E-state index in [-0.39, 0.29) is 23.9 Å². The smallest absolute Gasteiger partial charge is 0.318 e. The predicted octanol–water partition coefficient (Wildman–Crippen LogP) is 0.295. The van der Waals surface area contributed by atoms with Crippen LogP contribution in [-0.4, -0.2) is 65.0 Å². The molecule has 0 aliphatic carbocycles. The van der Waals surface area contributed by atoms with E-state index in [1.165, 1.54) is 35.8 Å². The highest BCUT2D eigenvalue weighted by molar-refractivity contribution is 8.00. The Balaban J connectivity index is 1.56. The summed E-state index contributed by atoms with van der Waals surface area (Å²) < 4.78 is 15.8. The molecule has 2 aliphatic rings. The predicted molar refractivity (Wildman–Crippen MR) is 112 cm³/mol. The summed E-state index contributed by atoms with van der Waals surface area (Å²) in [6.07, 6.45) is 5.05. The van der Waals surface area contributed by atoms with Gasteiger partial charge in [-0.2, -0.15) is 0 Å². The minimum atomic E-state index is -1.93. The average Bonchev–Trinajstić information content (AvgIpc) is 2.78. The van der Waals surface area contributed by atoms with Gasteiger partial charge in [0.2, 0.25) is 5.91 Å². The van der Waals surface area contributed by atoms with Gasteiger partial charge in [-0.3, -0.25) is 14.4 Å². The lowest BCUT2D eigenvalue weighted by atomic mass is 9.87. The monoisotopic (exact) mass is 461 g/mol. The summed E-state index contributed by atoms with van der Waals surface area (Å²) in [7, 11) is -1.93. The fraction of sp³-hybridized carbons (Fsp3) is 0.350. The first-order valence-corrected chi connectivity index (χ1v) is 11.7. The van der Waals surface area contributed by atoms with E-state index in [0.717, 1.165) is 4.31 Å². The Morgan fingerprint density at radius 1 is 1.32 bits per heavy atom. The first-order chi connectivity index (χ1) is 14.8. The van der Waals surface area contributed by atoms with Crippen molar-refractivity contribution in [2.24, 2.45) is 5.41 Å². The molecule has 2 aromatic rings. The Bertz CT molecular complexity index is 1040. The lowest BCUT2D eigenvalue weighted by Crippen LogP contribution is -2.75. The highest BCUT2D eigenvalue weighted by Gasteiger charge is 2.61. The number of hydrogen-bond acceptors (Lipinski definition) is 6. The summed E-state index contributed by atoms with van der Waals surface area (Å²) in [4.78, 5) is 43.0. The number of carboxylic acids is 1. The molecule has 1 N–H and O–H groups in total. The SMILES string of the molecule is CC(=O)N(C1C(=O)N2CC(C[n+]3ccccc3)(C(=O)O)CS[C@H]12)S(=O)c1ccccn1. The fourth-order valence-corrected chi connectivity index (χ4v) is 6.68. The zero-order chi connectivity index (χ0) is 22.2. The number of carbonyl (C=O) groups is 3. The van der Waals surface area contributed by atoms with Gasteiger partial charge in [0.1, 0.15) is 10.4 Å². The third-order valence-corrected chi connectivity index (χ3v) is 8.41. The van der Waals surface area contributed by atoms with Crippen LogP contribution >= 0.6 is 11.8 Å². The molecule has 4 rings (SSSR count). The third-order valence-electron chi connectivity index (χ3n) is 5.39. The van der Waals surface area contributed by atoms with Crippen molar-refractivity contribution in [2.75, 3.05) is 12.3 Å². The van der Waals surface area contributed by atoms with Crippen LogP contribution in [0.4, 0.5) is 0 Å². The highest BCUT2D eigenvalue weighted by atomic mass is 32.2. The second-order valence-electron chi connectivity index (χ2n) is 7.51. The highest BCUT2D eigenvalue weighted by Crippen LogP contribution is 2.44. The molecule has 3 unspecified atom stereocenters. The summed E-state index contributed by atoms with van der Waals surface area (Å²) in [5.74, 6) is -1.62. The van der Waals surface area contributed by atoms with Crippen LogP contribution in [0.5, 0.6) is 0 Å². The number of rotatable bonds is 6. The van der Waals surface area contributed by atoms with Gasteiger partial charge in [0.15, 0.2) is 41.4 Å². The number of carbonyl (C=O) groups excluding carboxylic acids is 2. The number of aliphatic carboxylic acids is 1. The number of pyridine rings is 2. The Morgan fingerprint density at radius 3 is 2.68 bits per heavy atom. The summed E-state index contributed by atoms with van der Waals surface area (Å²) in [5.41, 5.74) is -1.16. The van der Waals surface area contributed by atoms with E-state index in [2.05, 4.69) is 4.98 Å². The van der Waals surface area contributed by atoms with Crippen LogP contribution in [-0.2, 0) is 31.9 Å². The molecule has 2 fully saturated rings. The van der Waals surface area contributed by atoms with E-state index in [0.29, 0.717) is 0 Å². The molecule has 162 valence electrons. The number of nitrogens with zero attached hydrogens (tertiary/aromatic N) is 4. The van der Waals surface area contributed by atoms with Crippen molar-refractivity contribution in [2.45, 2.75) is 29.9 Å². The molecule has 0 spiro atoms. The number of β-lactam (4-membered cyclic amide) rings is 1. The largest absolute Gasteiger partial charge is 0.481 e. The van der Waals surface area contributed by atoms with Crippen molar-refractivity contribution in [1.29, 1.82) is 0 Å². The lowest BCUT2D eigenvalue weighted by Gasteiger charge is -2.54. The number of amides is 2. The molecule has 0 radical (unpaired) electrons. The van der Waals surface area contributed by atoms with Gasteiger partial charge >= 0.3 is 5.97 Å². The van der Waals surface area contributed by atoms with E-state index < -0.39 is 45.6 Å². The van der Waals surface area contributed by atoms with E-state index in [9.17, 15) is 23.7 Å². The number of aromatic nitrogens is 2. The molecule has 31 heavy (non-hydrogen) atoms. The van der Waals surface area contributed by atoms with Crippen molar-refractivity contribution >= 4 is 40.5 Å². The molecule has 0 saturated carbocycles. The minimum Gasteiger partial charge on any atom is -0.481 e. The first-order valence-electron chi connectivity index (χ1n) is 9.56. The first kappa shape index (κ1) is 21.4. The molecule has 2 aromatic heterocycles. The second-order valence-corrected chi connectivity index (χ2v) is 9.92. The Labute approximate surface area is 185 Å². The molecule has 0 bridgehead atoms. The number of hydrogen-bond donors (Lipinski definition) is 1. The molecular formula is C20H21N4O5S2+. The van der Waals surface area contributed by atoms with Gasteiger partial charge in [-0.05, 0) is 12.1 Å². The van der Waals surface area contributed by atoms with Gasteiger partial charge in [0.25, 0.3) is 5.91 Å². The second kappa shape index (κ2) is 8.39. The fourth-order valence-electron chi connectivity index (χ4n) is 3.84. The van der Waals surface area contributed by atoms with Crippen molar-refractivity contribution in [3.8, 4) is 0 Å². The Hall–Kier alpha value is -2.79. The molecule has 4 heterocycles. The van der Waals surface area contributed by atoms with Gasteiger partial charge in [0.05, 0.1) is 0 Å². The van der Waals surface area contributed by atoms with E-state index in [4.69, 9.17) is 0 Å². The Morgan fingerprint density at radius 2 is 2.06 bits per heavy atom. The number of fused-ring (bicyclic) bond motifs is 1. The molecular weight excluding hydrogens is 440 g/mol. The van der Waals surface area contributed by atoms with Crippen LogP contribution in [0.3, 0.4) is 0 Å². The quantitative estimate of drug-likeness (QED) is 0.486. The van der Waals surface area contributed by atoms with Crippen LogP contribution in [0.25, 0.3) is 0 Å².